The monoisotopic (exact) mass is 1340 g/mol. The highest BCUT2D eigenvalue weighted by atomic mass is 31.2. The summed E-state index contributed by atoms with van der Waals surface area (Å²) in [6, 6.07) is 0. The van der Waals surface area contributed by atoms with Crippen LogP contribution in [0.2, 0.25) is 0 Å². The maximum Gasteiger partial charge on any atom is 0.472 e. The topological polar surface area (TPSA) is 291 Å². The number of methoxy groups -OCH3 is 2. The van der Waals surface area contributed by atoms with Crippen LogP contribution in [0.1, 0.15) is 297 Å². The summed E-state index contributed by atoms with van der Waals surface area (Å²) in [5.41, 5.74) is 0. The predicted molar refractivity (Wildman–Crippen MR) is 353 cm³/mol. The first-order valence-corrected chi connectivity index (χ1v) is 39.0. The summed E-state index contributed by atoms with van der Waals surface area (Å²) >= 11 is 0. The van der Waals surface area contributed by atoms with Crippen molar-refractivity contribution < 1.29 is 100 Å². The Bertz CT molecular complexity index is 1870. The van der Waals surface area contributed by atoms with Crippen LogP contribution in [0.15, 0.2) is 12.2 Å². The lowest BCUT2D eigenvalue weighted by Crippen LogP contribution is -2.64. The van der Waals surface area contributed by atoms with Crippen LogP contribution in [0.5, 0.6) is 0 Å². The molecule has 0 unspecified atom stereocenters. The Morgan fingerprint density at radius 3 is 1.41 bits per heavy atom. The maximum atomic E-state index is 14.0. The molecule has 6 N–H and O–H groups in total. The second kappa shape index (κ2) is 54.5. The number of hydrogen-bond donors (Lipinski definition) is 6. The van der Waals surface area contributed by atoms with Gasteiger partial charge in [-0.25, -0.2) is 9.13 Å². The van der Waals surface area contributed by atoms with Gasteiger partial charge in [-0.3, -0.25) is 18.6 Å². The SMILES string of the molecule is CCCCCC/C=C\CCCCCCCCCC(=O)O[C@H]1[C@H](OC[C@H]2O[C@H](OP(=O)(O)O)[C@H](OC(=O)C[C@H](O)CCCCCCCCCCC)[C@@H](OCCCCCCCCCCCC)[C@@H]2O)O[C@H](COC)[C@@H](OP(=O)(O)O)[C@@H]1OCC[C@@H](CCCCCCC)OC. The predicted octanol–water partition coefficient (Wildman–Crippen LogP) is 15.0. The standard InChI is InChI=1S/C68H130O21P2/c1-7-11-15-19-22-25-27-28-29-30-31-33-36-40-44-48-59(70)86-66-64(82-51-49-56(80-6)47-43-38-18-14-10-4)62(88-90(73,74)75)58(53-79-5)85-67(66)83-54-57-61(72)63(81-50-45-41-37-34-26-23-20-16-12-8-2)65(68(84-57)89-91(76,77)78)87-60(71)52-55(69)46-42-39-35-32-24-21-17-13-9-3/h25,27,55-58,61-69,72H,7-24,26,28-54H2,1-6H3,(H2,73,74,75)(H2,76,77,78)/b27-25-/t55-,56-,57-,58-,61-,62-,63+,64+,65-,66-,67-,68-/m1/s1. The Hall–Kier alpha value is -1.46. The van der Waals surface area contributed by atoms with E-state index < -0.39 is 108 Å². The number of carbonyl (C=O) groups is 2. The molecule has 23 heteroatoms. The zero-order chi connectivity index (χ0) is 66.8. The number of esters is 2. The Kier molecular flexibility index (Phi) is 51.3. The van der Waals surface area contributed by atoms with Crippen molar-refractivity contribution in [3.05, 3.63) is 12.2 Å². The van der Waals surface area contributed by atoms with Crippen LogP contribution >= 0.6 is 15.6 Å². The van der Waals surface area contributed by atoms with Crippen LogP contribution in [0.4, 0.5) is 0 Å². The van der Waals surface area contributed by atoms with Gasteiger partial charge in [0, 0.05) is 33.9 Å². The molecule has 0 bridgehead atoms. The third-order valence-electron chi connectivity index (χ3n) is 17.2. The van der Waals surface area contributed by atoms with Crippen LogP contribution < -0.4 is 0 Å². The average Bonchev–Trinajstić information content (AvgIpc) is 0.808. The molecule has 0 aromatic carbocycles. The molecule has 2 aliphatic rings. The van der Waals surface area contributed by atoms with Crippen LogP contribution in [-0.4, -0.2) is 156 Å². The number of unbranched alkanes of at least 4 members (excludes halogenated alkanes) is 32. The van der Waals surface area contributed by atoms with Gasteiger partial charge in [0.25, 0.3) is 0 Å². The number of hydrogen-bond acceptors (Lipinski definition) is 17. The van der Waals surface area contributed by atoms with Crippen molar-refractivity contribution in [1.82, 2.24) is 0 Å². The molecule has 0 saturated carbocycles. The van der Waals surface area contributed by atoms with Crippen LogP contribution in [-0.2, 0) is 70.4 Å². The van der Waals surface area contributed by atoms with E-state index in [4.69, 9.17) is 51.7 Å². The molecule has 2 aliphatic heterocycles. The first-order valence-electron chi connectivity index (χ1n) is 36.0. The lowest BCUT2D eigenvalue weighted by molar-refractivity contribution is -0.330. The Morgan fingerprint density at radius 1 is 0.451 bits per heavy atom. The zero-order valence-corrected chi connectivity index (χ0v) is 59.1. The molecule has 0 spiro atoms. The summed E-state index contributed by atoms with van der Waals surface area (Å²) in [5.74, 6) is -1.61. The number of rotatable bonds is 61. The molecule has 0 aromatic heterocycles. The molecule has 2 saturated heterocycles. The average molecular weight is 1350 g/mol. The van der Waals surface area contributed by atoms with Gasteiger partial charge >= 0.3 is 27.6 Å². The lowest BCUT2D eigenvalue weighted by atomic mass is 9.97. The van der Waals surface area contributed by atoms with Gasteiger partial charge in [-0.1, -0.05) is 239 Å². The normalized spacial score (nSPS) is 23.0. The number of allylic oxidation sites excluding steroid dienone is 2. The molecule has 0 aromatic rings. The van der Waals surface area contributed by atoms with E-state index >= 15 is 0 Å². The summed E-state index contributed by atoms with van der Waals surface area (Å²) in [7, 11) is -7.78. The van der Waals surface area contributed by atoms with Gasteiger partial charge in [0.05, 0.1) is 31.8 Å². The number of carbonyl (C=O) groups excluding carboxylic acids is 2. The van der Waals surface area contributed by atoms with Crippen molar-refractivity contribution in [1.29, 1.82) is 0 Å². The summed E-state index contributed by atoms with van der Waals surface area (Å²) in [6.07, 6.45) is 26.9. The van der Waals surface area contributed by atoms with E-state index in [1.807, 2.05) is 0 Å². The molecule has 538 valence electrons. The van der Waals surface area contributed by atoms with Gasteiger partial charge in [0.15, 0.2) is 18.5 Å². The van der Waals surface area contributed by atoms with Crippen molar-refractivity contribution in [3.8, 4) is 0 Å². The first kappa shape index (κ1) is 85.6. The lowest BCUT2D eigenvalue weighted by Gasteiger charge is -2.46. The van der Waals surface area contributed by atoms with E-state index in [1.165, 1.54) is 84.2 Å². The van der Waals surface area contributed by atoms with Crippen molar-refractivity contribution in [2.45, 2.75) is 371 Å². The van der Waals surface area contributed by atoms with Gasteiger partial charge in [-0.2, -0.15) is 0 Å². The number of aliphatic hydroxyl groups excluding tert-OH is 2. The van der Waals surface area contributed by atoms with Crippen LogP contribution in [0, 0.1) is 0 Å². The smallest absolute Gasteiger partial charge is 0.454 e. The van der Waals surface area contributed by atoms with Crippen molar-refractivity contribution in [2.75, 3.05) is 40.6 Å². The molecule has 2 rings (SSSR count). The largest absolute Gasteiger partial charge is 0.472 e. The zero-order valence-electron chi connectivity index (χ0n) is 57.3. The summed E-state index contributed by atoms with van der Waals surface area (Å²) in [5, 5.41) is 23.2. The quantitative estimate of drug-likeness (QED) is 0.0143. The number of phosphoric acid groups is 2. The highest BCUT2D eigenvalue weighted by Crippen LogP contribution is 2.44. The van der Waals surface area contributed by atoms with E-state index in [1.54, 1.807) is 7.11 Å². The minimum atomic E-state index is -5.43. The number of aliphatic hydroxyl groups is 2. The van der Waals surface area contributed by atoms with Crippen molar-refractivity contribution >= 4 is 27.6 Å². The number of ether oxygens (including phenoxy) is 9. The molecular weight excluding hydrogens is 1210 g/mol. The second-order valence-electron chi connectivity index (χ2n) is 25.4. The van der Waals surface area contributed by atoms with Gasteiger partial charge in [-0.15, -0.1) is 0 Å². The number of phosphoric ester groups is 2. The molecule has 21 nitrogen and oxygen atoms in total. The van der Waals surface area contributed by atoms with E-state index in [0.717, 1.165) is 148 Å². The summed E-state index contributed by atoms with van der Waals surface area (Å²) in [6.45, 7) is 7.78. The Labute approximate surface area is 549 Å². The van der Waals surface area contributed by atoms with Crippen molar-refractivity contribution in [2.24, 2.45) is 0 Å². The van der Waals surface area contributed by atoms with Gasteiger partial charge < -0.3 is 72.4 Å². The summed E-state index contributed by atoms with van der Waals surface area (Å²) in [4.78, 5) is 68.9. The molecule has 2 heterocycles. The van der Waals surface area contributed by atoms with E-state index in [2.05, 4.69) is 39.8 Å². The molecule has 0 amide bonds. The maximum absolute atomic E-state index is 14.0. The van der Waals surface area contributed by atoms with Crippen molar-refractivity contribution in [3.63, 3.8) is 0 Å². The molecular formula is C68H130O21P2. The molecule has 91 heavy (non-hydrogen) atoms. The van der Waals surface area contributed by atoms with Gasteiger partial charge in [-0.05, 0) is 57.8 Å². The van der Waals surface area contributed by atoms with Crippen LogP contribution in [0.3, 0.4) is 0 Å². The Morgan fingerprint density at radius 2 is 0.890 bits per heavy atom. The minimum Gasteiger partial charge on any atom is -0.454 e. The minimum absolute atomic E-state index is 0.0193. The molecule has 2 fully saturated rings. The third-order valence-corrected chi connectivity index (χ3v) is 18.2. The van der Waals surface area contributed by atoms with E-state index in [-0.39, 0.29) is 32.3 Å². The first-order chi connectivity index (χ1) is 43.9. The van der Waals surface area contributed by atoms with Gasteiger partial charge in [0.1, 0.15) is 36.6 Å². The second-order valence-corrected chi connectivity index (χ2v) is 27.8. The fourth-order valence-electron chi connectivity index (χ4n) is 11.9. The highest BCUT2D eigenvalue weighted by Gasteiger charge is 2.55. The van der Waals surface area contributed by atoms with E-state index in [9.17, 15) is 48.5 Å². The van der Waals surface area contributed by atoms with Gasteiger partial charge in [0.2, 0.25) is 6.29 Å². The highest BCUT2D eigenvalue weighted by molar-refractivity contribution is 7.46. The Balaban J connectivity index is 2.45. The van der Waals surface area contributed by atoms with Crippen LogP contribution in [0.25, 0.3) is 0 Å². The molecule has 12 atom stereocenters. The summed E-state index contributed by atoms with van der Waals surface area (Å²) < 4.78 is 91.0. The molecule has 0 aliphatic carbocycles. The fraction of sp³-hybridized carbons (Fsp3) is 0.941. The third kappa shape index (κ3) is 42.8. The van der Waals surface area contributed by atoms with E-state index in [0.29, 0.717) is 32.1 Å². The molecule has 0 radical (unpaired) electrons. The fourth-order valence-corrected chi connectivity index (χ4v) is 12.9.